The van der Waals surface area contributed by atoms with E-state index in [1.54, 1.807) is 48.5 Å². The van der Waals surface area contributed by atoms with E-state index in [0.29, 0.717) is 17.0 Å². The molecule has 0 saturated carbocycles. The first-order chi connectivity index (χ1) is 10.2. The van der Waals surface area contributed by atoms with Crippen molar-refractivity contribution in [3.8, 4) is 17.0 Å². The average molecular weight is 280 g/mol. The van der Waals surface area contributed by atoms with Gasteiger partial charge < -0.3 is 5.11 Å². The summed E-state index contributed by atoms with van der Waals surface area (Å²) in [4.78, 5) is 0. The summed E-state index contributed by atoms with van der Waals surface area (Å²) in [5.74, 6) is -0.0519. The van der Waals surface area contributed by atoms with Crippen LogP contribution in [0.2, 0.25) is 0 Å². The highest BCUT2D eigenvalue weighted by Gasteiger charge is 2.06. The molecule has 0 radical (unpaired) electrons. The van der Waals surface area contributed by atoms with Crippen LogP contribution in [-0.2, 0) is 0 Å². The van der Waals surface area contributed by atoms with Gasteiger partial charge >= 0.3 is 0 Å². The molecule has 0 atom stereocenters. The molecule has 0 aliphatic rings. The zero-order valence-corrected chi connectivity index (χ0v) is 11.1. The number of hydrogen-bond donors (Lipinski definition) is 2. The van der Waals surface area contributed by atoms with E-state index < -0.39 is 0 Å². The number of aromatic nitrogens is 2. The number of hydrogen-bond acceptors (Lipinski definition) is 2. The molecule has 0 bridgehead atoms. The van der Waals surface area contributed by atoms with E-state index in [0.717, 1.165) is 5.56 Å². The van der Waals surface area contributed by atoms with E-state index in [9.17, 15) is 9.50 Å². The molecule has 0 amide bonds. The normalized spacial score (nSPS) is 11.1. The van der Waals surface area contributed by atoms with Gasteiger partial charge in [0.1, 0.15) is 11.6 Å². The van der Waals surface area contributed by atoms with E-state index in [2.05, 4.69) is 10.2 Å². The summed E-state index contributed by atoms with van der Waals surface area (Å²) in [6.07, 6.45) is 3.70. The van der Waals surface area contributed by atoms with Gasteiger partial charge in [-0.1, -0.05) is 30.3 Å². The Hall–Kier alpha value is -2.88. The Kier molecular flexibility index (Phi) is 3.51. The Morgan fingerprint density at radius 1 is 1.00 bits per heavy atom. The third kappa shape index (κ3) is 3.00. The minimum atomic E-state index is -0.282. The minimum Gasteiger partial charge on any atom is -0.508 e. The van der Waals surface area contributed by atoms with Crippen LogP contribution in [0.1, 0.15) is 11.3 Å². The van der Waals surface area contributed by atoms with Gasteiger partial charge in [0.25, 0.3) is 0 Å². The zero-order chi connectivity index (χ0) is 14.7. The van der Waals surface area contributed by atoms with Crippen molar-refractivity contribution in [3.05, 3.63) is 71.7 Å². The molecule has 2 aromatic carbocycles. The number of halogens is 1. The van der Waals surface area contributed by atoms with Crippen molar-refractivity contribution in [2.24, 2.45) is 0 Å². The van der Waals surface area contributed by atoms with Gasteiger partial charge in [0.15, 0.2) is 0 Å². The number of benzene rings is 2. The van der Waals surface area contributed by atoms with Crippen molar-refractivity contribution in [2.75, 3.05) is 0 Å². The number of phenols is 1. The summed E-state index contributed by atoms with van der Waals surface area (Å²) in [5.41, 5.74) is 2.79. The second kappa shape index (κ2) is 5.63. The lowest BCUT2D eigenvalue weighted by atomic mass is 10.1. The molecular weight excluding hydrogens is 267 g/mol. The lowest BCUT2D eigenvalue weighted by Gasteiger charge is -1.97. The van der Waals surface area contributed by atoms with Crippen LogP contribution >= 0.6 is 0 Å². The van der Waals surface area contributed by atoms with Gasteiger partial charge in [-0.15, -0.1) is 0 Å². The Balaban J connectivity index is 1.82. The van der Waals surface area contributed by atoms with Crippen molar-refractivity contribution >= 4 is 12.2 Å². The number of nitrogens with zero attached hydrogens (tertiary/aromatic N) is 1. The molecule has 0 fully saturated rings. The Bertz CT molecular complexity index is 775. The summed E-state index contributed by atoms with van der Waals surface area (Å²) in [6.45, 7) is 0. The first-order valence-electron chi connectivity index (χ1n) is 6.50. The number of phenolic OH excluding ortho intramolecular Hbond substituents is 1. The fourth-order valence-corrected chi connectivity index (χ4v) is 2.01. The number of aromatic amines is 1. The highest BCUT2D eigenvalue weighted by Crippen LogP contribution is 2.21. The largest absolute Gasteiger partial charge is 0.508 e. The maximum absolute atomic E-state index is 13.7. The second-order valence-electron chi connectivity index (χ2n) is 4.61. The Morgan fingerprint density at radius 2 is 1.76 bits per heavy atom. The van der Waals surface area contributed by atoms with Crippen molar-refractivity contribution < 1.29 is 9.50 Å². The van der Waals surface area contributed by atoms with Crippen LogP contribution in [0.3, 0.4) is 0 Å². The lowest BCUT2D eigenvalue weighted by Crippen LogP contribution is -1.82. The van der Waals surface area contributed by atoms with Crippen molar-refractivity contribution in [2.45, 2.75) is 0 Å². The van der Waals surface area contributed by atoms with E-state index in [1.165, 1.54) is 6.07 Å². The first-order valence-corrected chi connectivity index (χ1v) is 6.50. The second-order valence-corrected chi connectivity index (χ2v) is 4.61. The maximum Gasteiger partial charge on any atom is 0.132 e. The van der Waals surface area contributed by atoms with Crippen LogP contribution in [-0.4, -0.2) is 15.3 Å². The molecule has 1 heterocycles. The van der Waals surface area contributed by atoms with Crippen molar-refractivity contribution in [3.63, 3.8) is 0 Å². The summed E-state index contributed by atoms with van der Waals surface area (Å²) in [5, 5.41) is 16.2. The fraction of sp³-hybridized carbons (Fsp3) is 0. The smallest absolute Gasteiger partial charge is 0.132 e. The summed E-state index contributed by atoms with van der Waals surface area (Å²) in [6, 6.07) is 15.2. The SMILES string of the molecule is Oc1ccc(/C=C/c2cc(-c3ccccc3F)[nH]n2)cc1. The van der Waals surface area contributed by atoms with Crippen LogP contribution in [0.5, 0.6) is 5.75 Å². The molecule has 1 aromatic heterocycles. The Morgan fingerprint density at radius 3 is 2.52 bits per heavy atom. The van der Waals surface area contributed by atoms with Crippen LogP contribution in [0, 0.1) is 5.82 Å². The quantitative estimate of drug-likeness (QED) is 0.759. The topological polar surface area (TPSA) is 48.9 Å². The lowest BCUT2D eigenvalue weighted by molar-refractivity contribution is 0.475. The third-order valence-corrected chi connectivity index (χ3v) is 3.10. The van der Waals surface area contributed by atoms with Crippen LogP contribution in [0.25, 0.3) is 23.4 Å². The summed E-state index contributed by atoms with van der Waals surface area (Å²) >= 11 is 0. The molecule has 3 rings (SSSR count). The van der Waals surface area contributed by atoms with Gasteiger partial charge in [0.2, 0.25) is 0 Å². The molecule has 3 nitrogen and oxygen atoms in total. The number of aromatic hydroxyl groups is 1. The third-order valence-electron chi connectivity index (χ3n) is 3.10. The molecule has 0 spiro atoms. The van der Waals surface area contributed by atoms with Crippen molar-refractivity contribution in [1.29, 1.82) is 0 Å². The van der Waals surface area contributed by atoms with Crippen LogP contribution in [0.4, 0.5) is 4.39 Å². The predicted octanol–water partition coefficient (Wildman–Crippen LogP) is 4.09. The van der Waals surface area contributed by atoms with Gasteiger partial charge in [-0.05, 0) is 42.0 Å². The highest BCUT2D eigenvalue weighted by atomic mass is 19.1. The van der Waals surface area contributed by atoms with Crippen molar-refractivity contribution in [1.82, 2.24) is 10.2 Å². The molecule has 21 heavy (non-hydrogen) atoms. The molecule has 0 saturated heterocycles. The maximum atomic E-state index is 13.7. The fourth-order valence-electron chi connectivity index (χ4n) is 2.01. The minimum absolute atomic E-state index is 0.230. The number of nitrogens with one attached hydrogen (secondary N) is 1. The first kappa shape index (κ1) is 13.1. The number of rotatable bonds is 3. The zero-order valence-electron chi connectivity index (χ0n) is 11.1. The highest BCUT2D eigenvalue weighted by molar-refractivity contribution is 5.71. The van der Waals surface area contributed by atoms with Gasteiger partial charge in [0.05, 0.1) is 11.4 Å². The molecule has 0 aliphatic carbocycles. The van der Waals surface area contributed by atoms with Gasteiger partial charge in [0, 0.05) is 5.56 Å². The van der Waals surface area contributed by atoms with E-state index in [1.807, 2.05) is 12.2 Å². The predicted molar refractivity (Wildman–Crippen MR) is 81.0 cm³/mol. The molecule has 0 aliphatic heterocycles. The molecule has 0 unspecified atom stereocenters. The van der Waals surface area contributed by atoms with Crippen LogP contribution < -0.4 is 0 Å². The van der Waals surface area contributed by atoms with E-state index >= 15 is 0 Å². The van der Waals surface area contributed by atoms with Crippen LogP contribution in [0.15, 0.2) is 54.6 Å². The molecule has 2 N–H and O–H groups in total. The van der Waals surface area contributed by atoms with Gasteiger partial charge in [-0.25, -0.2) is 4.39 Å². The molecule has 3 aromatic rings. The Labute approximate surface area is 121 Å². The van der Waals surface area contributed by atoms with E-state index in [4.69, 9.17) is 0 Å². The summed E-state index contributed by atoms with van der Waals surface area (Å²) < 4.78 is 13.7. The molecule has 4 heteroatoms. The summed E-state index contributed by atoms with van der Waals surface area (Å²) in [7, 11) is 0. The standard InChI is InChI=1S/C17H13FN2O/c18-16-4-2-1-3-15(16)17-11-13(19-20-17)8-5-12-6-9-14(21)10-7-12/h1-11,21H,(H,19,20)/b8-5+. The number of H-pyrrole nitrogens is 1. The molecular formula is C17H13FN2O. The average Bonchev–Trinajstić information content (AvgIpc) is 2.96. The molecule has 104 valence electrons. The van der Waals surface area contributed by atoms with E-state index in [-0.39, 0.29) is 11.6 Å². The van der Waals surface area contributed by atoms with Gasteiger partial charge in [-0.3, -0.25) is 5.10 Å². The van der Waals surface area contributed by atoms with Gasteiger partial charge in [-0.2, -0.15) is 5.10 Å². The monoisotopic (exact) mass is 280 g/mol.